The van der Waals surface area contributed by atoms with Gasteiger partial charge in [-0.15, -0.1) is 0 Å². The highest BCUT2D eigenvalue weighted by molar-refractivity contribution is 6.07. The zero-order chi connectivity index (χ0) is 17.4. The van der Waals surface area contributed by atoms with Crippen LogP contribution in [-0.4, -0.2) is 33.0 Å². The normalized spacial score (nSPS) is 19.3. The Morgan fingerprint density at radius 1 is 1.24 bits per heavy atom. The lowest BCUT2D eigenvalue weighted by atomic mass is 9.93. The summed E-state index contributed by atoms with van der Waals surface area (Å²) in [6.07, 6.45) is 1.64. The van der Waals surface area contributed by atoms with Crippen LogP contribution in [0.25, 0.3) is 11.0 Å². The number of nitrogens with zero attached hydrogens (tertiary/aromatic N) is 3. The maximum atomic E-state index is 12.6. The smallest absolute Gasteiger partial charge is 0.321 e. The lowest BCUT2D eigenvalue weighted by Crippen LogP contribution is -2.43. The van der Waals surface area contributed by atoms with E-state index < -0.39 is 23.8 Å². The molecule has 1 aliphatic heterocycles. The Labute approximate surface area is 143 Å². The van der Waals surface area contributed by atoms with Gasteiger partial charge in [0, 0.05) is 6.20 Å². The van der Waals surface area contributed by atoms with E-state index >= 15 is 0 Å². The van der Waals surface area contributed by atoms with E-state index in [0.29, 0.717) is 11.6 Å². The second-order valence-electron chi connectivity index (χ2n) is 5.71. The van der Waals surface area contributed by atoms with E-state index in [0.717, 1.165) is 11.0 Å². The van der Waals surface area contributed by atoms with Crippen molar-refractivity contribution in [3.05, 3.63) is 54.4 Å². The van der Waals surface area contributed by atoms with Gasteiger partial charge < -0.3 is 4.74 Å². The molecule has 0 spiro atoms. The van der Waals surface area contributed by atoms with E-state index in [4.69, 9.17) is 4.74 Å². The van der Waals surface area contributed by atoms with Crippen LogP contribution in [0.15, 0.2) is 48.7 Å². The van der Waals surface area contributed by atoms with Crippen LogP contribution in [0.4, 0.5) is 5.95 Å². The number of fused-ring (bicyclic) bond motifs is 3. The van der Waals surface area contributed by atoms with Crippen LogP contribution in [0.2, 0.25) is 0 Å². The van der Waals surface area contributed by atoms with Crippen molar-refractivity contribution in [3.63, 3.8) is 0 Å². The number of carbonyl (C=O) groups excluding carboxylic acids is 2. The fourth-order valence-corrected chi connectivity index (χ4v) is 3.22. The molecule has 0 bridgehead atoms. The molecule has 2 atom stereocenters. The molecule has 1 amide bonds. The Hall–Kier alpha value is -3.22. The summed E-state index contributed by atoms with van der Waals surface area (Å²) >= 11 is 0. The van der Waals surface area contributed by atoms with Gasteiger partial charge in [-0.05, 0) is 31.2 Å². The van der Waals surface area contributed by atoms with Crippen LogP contribution in [-0.2, 0) is 14.3 Å². The molecule has 0 fully saturated rings. The van der Waals surface area contributed by atoms with Crippen LogP contribution >= 0.6 is 0 Å². The number of benzene rings is 1. The van der Waals surface area contributed by atoms with Crippen molar-refractivity contribution in [1.82, 2.24) is 14.5 Å². The Balaban J connectivity index is 1.96. The quantitative estimate of drug-likeness (QED) is 0.585. The minimum Gasteiger partial charge on any atom is -0.465 e. The van der Waals surface area contributed by atoms with Crippen LogP contribution in [0.1, 0.15) is 18.7 Å². The number of hydrogen-bond donors (Lipinski definition) is 1. The third-order valence-corrected chi connectivity index (χ3v) is 4.24. The summed E-state index contributed by atoms with van der Waals surface area (Å²) in [5, 5.41) is 2.72. The average molecular weight is 336 g/mol. The van der Waals surface area contributed by atoms with Crippen LogP contribution in [0.3, 0.4) is 0 Å². The van der Waals surface area contributed by atoms with Crippen molar-refractivity contribution in [2.45, 2.75) is 13.0 Å². The van der Waals surface area contributed by atoms with E-state index in [1.807, 2.05) is 34.9 Å². The number of carbonyl (C=O) groups is 2. The van der Waals surface area contributed by atoms with Crippen molar-refractivity contribution in [3.8, 4) is 0 Å². The molecule has 1 aromatic carbocycles. The largest absolute Gasteiger partial charge is 0.465 e. The number of amides is 1. The first-order valence-corrected chi connectivity index (χ1v) is 8.06. The summed E-state index contributed by atoms with van der Waals surface area (Å²) in [6.45, 7) is 1.92. The highest BCUT2D eigenvalue weighted by atomic mass is 16.5. The minimum absolute atomic E-state index is 0.203. The lowest BCUT2D eigenvalue weighted by molar-refractivity contribution is -0.152. The molecular weight excluding hydrogens is 320 g/mol. The number of nitrogens with one attached hydrogen (secondary N) is 1. The predicted octanol–water partition coefficient (Wildman–Crippen LogP) is 2.15. The molecule has 0 radical (unpaired) electrons. The molecule has 0 saturated carbocycles. The molecule has 4 rings (SSSR count). The molecular formula is C18H16N4O3. The van der Waals surface area contributed by atoms with Crippen molar-refractivity contribution in [1.29, 1.82) is 0 Å². The van der Waals surface area contributed by atoms with Crippen LogP contribution in [0.5, 0.6) is 0 Å². The number of rotatable bonds is 3. The Bertz CT molecular complexity index is 951. The number of esters is 1. The zero-order valence-corrected chi connectivity index (χ0v) is 13.5. The van der Waals surface area contributed by atoms with E-state index in [9.17, 15) is 9.59 Å². The Kier molecular flexibility index (Phi) is 3.68. The van der Waals surface area contributed by atoms with Gasteiger partial charge in [0.25, 0.3) is 0 Å². The van der Waals surface area contributed by atoms with Gasteiger partial charge in [-0.25, -0.2) is 4.98 Å². The highest BCUT2D eigenvalue weighted by Gasteiger charge is 2.44. The van der Waals surface area contributed by atoms with Crippen molar-refractivity contribution >= 4 is 28.9 Å². The maximum absolute atomic E-state index is 12.6. The molecule has 1 aliphatic rings. The van der Waals surface area contributed by atoms with Crippen LogP contribution in [0, 0.1) is 5.92 Å². The summed E-state index contributed by atoms with van der Waals surface area (Å²) in [7, 11) is 0. The second-order valence-corrected chi connectivity index (χ2v) is 5.71. The zero-order valence-electron chi connectivity index (χ0n) is 13.5. The third-order valence-electron chi connectivity index (χ3n) is 4.24. The van der Waals surface area contributed by atoms with Crippen LogP contribution < -0.4 is 5.32 Å². The topological polar surface area (TPSA) is 86.1 Å². The molecule has 7 heteroatoms. The SMILES string of the molecule is CCOC(=O)[C@H]1C(=O)Nc2nc3ccccc3n2[C@@H]1c1ccccn1. The summed E-state index contributed by atoms with van der Waals surface area (Å²) in [4.78, 5) is 34.0. The van der Waals surface area contributed by atoms with E-state index in [2.05, 4.69) is 15.3 Å². The molecule has 0 aliphatic carbocycles. The number of pyridine rings is 1. The molecule has 25 heavy (non-hydrogen) atoms. The first kappa shape index (κ1) is 15.3. The third kappa shape index (κ3) is 2.44. The predicted molar refractivity (Wildman–Crippen MR) is 90.9 cm³/mol. The summed E-state index contributed by atoms with van der Waals surface area (Å²) in [5.41, 5.74) is 2.17. The first-order chi connectivity index (χ1) is 12.2. The van der Waals surface area contributed by atoms with E-state index in [1.165, 1.54) is 0 Å². The van der Waals surface area contributed by atoms with Gasteiger partial charge in [-0.1, -0.05) is 18.2 Å². The van der Waals surface area contributed by atoms with Gasteiger partial charge in [-0.2, -0.15) is 0 Å². The van der Waals surface area contributed by atoms with Gasteiger partial charge in [0.2, 0.25) is 11.9 Å². The molecule has 3 heterocycles. The van der Waals surface area contributed by atoms with Gasteiger partial charge >= 0.3 is 5.97 Å². The second kappa shape index (κ2) is 6.01. The number of aromatic nitrogens is 3. The standard InChI is InChI=1S/C18H16N4O3/c1-2-25-17(24)14-15(12-8-5-6-10-19-12)22-13-9-4-3-7-11(13)20-18(22)21-16(14)23/h3-10,14-15H,2H2,1H3,(H,20,21,23)/t14-,15-/m1/s1. The molecule has 3 aromatic rings. The maximum Gasteiger partial charge on any atom is 0.321 e. The Morgan fingerprint density at radius 3 is 2.80 bits per heavy atom. The fourth-order valence-electron chi connectivity index (χ4n) is 3.22. The number of para-hydroxylation sites is 2. The average Bonchev–Trinajstić information content (AvgIpc) is 2.99. The number of ether oxygens (including phenoxy) is 1. The van der Waals surface area contributed by atoms with Crippen molar-refractivity contribution < 1.29 is 14.3 Å². The van der Waals surface area contributed by atoms with Gasteiger partial charge in [0.05, 0.1) is 23.3 Å². The van der Waals surface area contributed by atoms with Gasteiger partial charge in [0.1, 0.15) is 6.04 Å². The molecule has 0 saturated heterocycles. The lowest BCUT2D eigenvalue weighted by Gasteiger charge is -2.31. The van der Waals surface area contributed by atoms with Gasteiger partial charge in [-0.3, -0.25) is 24.5 Å². The number of anilines is 1. The molecule has 1 N–H and O–H groups in total. The monoisotopic (exact) mass is 336 g/mol. The van der Waals surface area contributed by atoms with Crippen molar-refractivity contribution in [2.75, 3.05) is 11.9 Å². The van der Waals surface area contributed by atoms with E-state index in [1.54, 1.807) is 25.3 Å². The summed E-state index contributed by atoms with van der Waals surface area (Å²) < 4.78 is 6.99. The molecule has 126 valence electrons. The highest BCUT2D eigenvalue weighted by Crippen LogP contribution is 2.37. The first-order valence-electron chi connectivity index (χ1n) is 8.06. The van der Waals surface area contributed by atoms with Gasteiger partial charge in [0.15, 0.2) is 5.92 Å². The molecule has 2 aromatic heterocycles. The molecule has 0 unspecified atom stereocenters. The minimum atomic E-state index is -1.03. The number of imidazole rings is 1. The number of hydrogen-bond acceptors (Lipinski definition) is 5. The molecule has 7 nitrogen and oxygen atoms in total. The summed E-state index contributed by atoms with van der Waals surface area (Å²) in [5.74, 6) is -1.63. The van der Waals surface area contributed by atoms with Crippen molar-refractivity contribution in [2.24, 2.45) is 5.92 Å². The fraction of sp³-hybridized carbons (Fsp3) is 0.222. The summed E-state index contributed by atoms with van der Waals surface area (Å²) in [6, 6.07) is 12.3. The van der Waals surface area contributed by atoms with E-state index in [-0.39, 0.29) is 6.61 Å². The Morgan fingerprint density at radius 2 is 2.04 bits per heavy atom.